The van der Waals surface area contributed by atoms with Gasteiger partial charge in [0.1, 0.15) is 0 Å². The van der Waals surface area contributed by atoms with Crippen molar-refractivity contribution in [2.24, 2.45) is 11.7 Å². The van der Waals surface area contributed by atoms with Crippen LogP contribution in [0.2, 0.25) is 0 Å². The zero-order valence-corrected chi connectivity index (χ0v) is 10.3. The Hall–Kier alpha value is -1.16. The van der Waals surface area contributed by atoms with Crippen molar-refractivity contribution in [3.05, 3.63) is 23.6 Å². The Morgan fingerprint density at radius 1 is 1.53 bits per heavy atom. The van der Waals surface area contributed by atoms with Crippen molar-refractivity contribution in [3.8, 4) is 0 Å². The Morgan fingerprint density at radius 3 is 2.82 bits per heavy atom. The van der Waals surface area contributed by atoms with Gasteiger partial charge in [-0.1, -0.05) is 6.42 Å². The lowest BCUT2D eigenvalue weighted by Crippen LogP contribution is -2.33. The number of nitrogens with two attached hydrogens (primary N) is 1. The van der Waals surface area contributed by atoms with E-state index >= 15 is 0 Å². The van der Waals surface area contributed by atoms with Gasteiger partial charge in [-0.05, 0) is 31.7 Å². The number of anilines is 1. The fraction of sp³-hybridized carbons (Fsp3) is 0.615. The molecule has 0 atom stereocenters. The average Bonchev–Trinajstić information content (AvgIpc) is 2.29. The van der Waals surface area contributed by atoms with Gasteiger partial charge in [0.15, 0.2) is 11.6 Å². The second kappa shape index (κ2) is 5.45. The molecular weight excluding hydrogens is 217 g/mol. The van der Waals surface area contributed by atoms with Crippen molar-refractivity contribution in [2.75, 3.05) is 18.0 Å². The lowest BCUT2D eigenvalue weighted by Gasteiger charge is -2.32. The first kappa shape index (κ1) is 12.3. The summed E-state index contributed by atoms with van der Waals surface area (Å²) in [5.41, 5.74) is 6.06. The maximum Gasteiger partial charge on any atom is 0.170 e. The first-order valence-electron chi connectivity index (χ1n) is 6.34. The van der Waals surface area contributed by atoms with Crippen molar-refractivity contribution >= 4 is 5.82 Å². The molecule has 3 nitrogen and oxygen atoms in total. The predicted molar refractivity (Wildman–Crippen MR) is 67.3 cm³/mol. The summed E-state index contributed by atoms with van der Waals surface area (Å²) in [7, 11) is 0. The third-order valence-electron chi connectivity index (χ3n) is 3.56. The summed E-state index contributed by atoms with van der Waals surface area (Å²) in [4.78, 5) is 6.19. The van der Waals surface area contributed by atoms with Crippen molar-refractivity contribution in [2.45, 2.75) is 32.7 Å². The molecule has 0 amide bonds. The fourth-order valence-corrected chi connectivity index (χ4v) is 2.20. The van der Waals surface area contributed by atoms with E-state index in [-0.39, 0.29) is 12.4 Å². The van der Waals surface area contributed by atoms with Crippen molar-refractivity contribution in [1.29, 1.82) is 0 Å². The maximum atomic E-state index is 14.1. The molecule has 0 aromatic carbocycles. The van der Waals surface area contributed by atoms with Crippen LogP contribution in [0, 0.1) is 11.7 Å². The highest BCUT2D eigenvalue weighted by molar-refractivity contribution is 5.43. The largest absolute Gasteiger partial charge is 0.354 e. The summed E-state index contributed by atoms with van der Waals surface area (Å²) in [6, 6.07) is 1.65. The van der Waals surface area contributed by atoms with Crippen molar-refractivity contribution in [1.82, 2.24) is 4.98 Å². The standard InChI is InChI=1S/C13H20FN3/c1-2-17(9-10-4-3-5-10)13-12(14)11(8-15)6-7-16-13/h6-7,10H,2-5,8-9,15H2,1H3. The summed E-state index contributed by atoms with van der Waals surface area (Å²) >= 11 is 0. The van der Waals surface area contributed by atoms with Gasteiger partial charge in [-0.3, -0.25) is 0 Å². The van der Waals surface area contributed by atoms with Crippen LogP contribution in [-0.4, -0.2) is 18.1 Å². The molecule has 0 saturated heterocycles. The molecule has 1 heterocycles. The average molecular weight is 237 g/mol. The molecule has 0 radical (unpaired) electrons. The molecule has 2 rings (SSSR count). The van der Waals surface area contributed by atoms with Gasteiger partial charge in [-0.2, -0.15) is 0 Å². The third-order valence-corrected chi connectivity index (χ3v) is 3.56. The Bertz CT molecular complexity index is 377. The van der Waals surface area contributed by atoms with Gasteiger partial charge in [0.25, 0.3) is 0 Å². The normalized spacial score (nSPS) is 15.7. The van der Waals surface area contributed by atoms with E-state index in [1.165, 1.54) is 19.3 Å². The SMILES string of the molecule is CCN(CC1CCC1)c1nccc(CN)c1F. The molecule has 4 heteroatoms. The van der Waals surface area contributed by atoms with E-state index < -0.39 is 0 Å². The second-order valence-corrected chi connectivity index (χ2v) is 4.65. The van der Waals surface area contributed by atoms with Gasteiger partial charge in [-0.15, -0.1) is 0 Å². The van der Waals surface area contributed by atoms with Crippen LogP contribution in [0.4, 0.5) is 10.2 Å². The predicted octanol–water partition coefficient (Wildman–Crippen LogP) is 2.31. The zero-order valence-electron chi connectivity index (χ0n) is 10.3. The number of pyridine rings is 1. The minimum atomic E-state index is -0.254. The zero-order chi connectivity index (χ0) is 12.3. The molecule has 1 aliphatic rings. The smallest absolute Gasteiger partial charge is 0.170 e. The lowest BCUT2D eigenvalue weighted by atomic mass is 9.85. The minimum Gasteiger partial charge on any atom is -0.354 e. The molecule has 1 aromatic heterocycles. The number of aromatic nitrogens is 1. The Balaban J connectivity index is 2.17. The highest BCUT2D eigenvalue weighted by Crippen LogP contribution is 2.29. The van der Waals surface area contributed by atoms with E-state index in [2.05, 4.69) is 4.98 Å². The van der Waals surface area contributed by atoms with Gasteiger partial charge in [0, 0.05) is 31.4 Å². The van der Waals surface area contributed by atoms with Crippen LogP contribution >= 0.6 is 0 Å². The monoisotopic (exact) mass is 237 g/mol. The molecule has 17 heavy (non-hydrogen) atoms. The minimum absolute atomic E-state index is 0.225. The first-order valence-corrected chi connectivity index (χ1v) is 6.34. The first-order chi connectivity index (χ1) is 8.26. The summed E-state index contributed by atoms with van der Waals surface area (Å²) < 4.78 is 14.1. The van der Waals surface area contributed by atoms with E-state index in [0.29, 0.717) is 17.3 Å². The lowest BCUT2D eigenvalue weighted by molar-refractivity contribution is 0.317. The Labute approximate surface area is 102 Å². The van der Waals surface area contributed by atoms with Gasteiger partial charge < -0.3 is 10.6 Å². The van der Waals surface area contributed by atoms with E-state index in [4.69, 9.17) is 5.73 Å². The van der Waals surface area contributed by atoms with E-state index in [9.17, 15) is 4.39 Å². The molecule has 1 saturated carbocycles. The fourth-order valence-electron chi connectivity index (χ4n) is 2.20. The van der Waals surface area contributed by atoms with Gasteiger partial charge >= 0.3 is 0 Å². The Morgan fingerprint density at radius 2 is 2.29 bits per heavy atom. The second-order valence-electron chi connectivity index (χ2n) is 4.65. The number of halogens is 1. The third kappa shape index (κ3) is 2.57. The summed E-state index contributed by atoms with van der Waals surface area (Å²) in [6.45, 7) is 3.96. The number of hydrogen-bond acceptors (Lipinski definition) is 3. The van der Waals surface area contributed by atoms with Crippen LogP contribution < -0.4 is 10.6 Å². The van der Waals surface area contributed by atoms with Crippen LogP contribution in [0.1, 0.15) is 31.7 Å². The maximum absolute atomic E-state index is 14.1. The van der Waals surface area contributed by atoms with E-state index in [1.54, 1.807) is 12.3 Å². The summed E-state index contributed by atoms with van der Waals surface area (Å²) in [6.07, 6.45) is 5.47. The van der Waals surface area contributed by atoms with Crippen LogP contribution in [0.25, 0.3) is 0 Å². The molecule has 2 N–H and O–H groups in total. The molecule has 94 valence electrons. The topological polar surface area (TPSA) is 42.2 Å². The molecule has 0 spiro atoms. The number of rotatable bonds is 5. The van der Waals surface area contributed by atoms with Gasteiger partial charge in [-0.25, -0.2) is 9.37 Å². The van der Waals surface area contributed by atoms with Gasteiger partial charge in [0.05, 0.1) is 0 Å². The van der Waals surface area contributed by atoms with Gasteiger partial charge in [0.2, 0.25) is 0 Å². The van der Waals surface area contributed by atoms with Crippen LogP contribution in [0.5, 0.6) is 0 Å². The molecule has 1 aliphatic carbocycles. The summed E-state index contributed by atoms with van der Waals surface area (Å²) in [5, 5.41) is 0. The Kier molecular flexibility index (Phi) is 3.94. The van der Waals surface area contributed by atoms with E-state index in [1.807, 2.05) is 11.8 Å². The van der Waals surface area contributed by atoms with Crippen LogP contribution in [0.3, 0.4) is 0 Å². The molecule has 0 aliphatic heterocycles. The molecule has 1 aromatic rings. The highest BCUT2D eigenvalue weighted by Gasteiger charge is 2.22. The number of hydrogen-bond donors (Lipinski definition) is 1. The summed E-state index contributed by atoms with van der Waals surface area (Å²) in [5.74, 6) is 0.913. The molecule has 0 bridgehead atoms. The molecular formula is C13H20FN3. The number of nitrogens with zero attached hydrogens (tertiary/aromatic N) is 2. The highest BCUT2D eigenvalue weighted by atomic mass is 19.1. The van der Waals surface area contributed by atoms with E-state index in [0.717, 1.165) is 13.1 Å². The van der Waals surface area contributed by atoms with Crippen LogP contribution in [0.15, 0.2) is 12.3 Å². The van der Waals surface area contributed by atoms with Crippen LogP contribution in [-0.2, 0) is 6.54 Å². The quantitative estimate of drug-likeness (QED) is 0.854. The van der Waals surface area contributed by atoms with Crippen molar-refractivity contribution in [3.63, 3.8) is 0 Å². The molecule has 1 fully saturated rings. The van der Waals surface area contributed by atoms with Crippen molar-refractivity contribution < 1.29 is 4.39 Å². The molecule has 0 unspecified atom stereocenters.